The summed E-state index contributed by atoms with van der Waals surface area (Å²) in [5, 5.41) is 17.2. The molecule has 4 aromatic rings. The van der Waals surface area contributed by atoms with Gasteiger partial charge in [0.25, 0.3) is 0 Å². The number of nitriles is 1. The number of aryl methyl sites for hydroxylation is 2. The lowest BCUT2D eigenvalue weighted by molar-refractivity contribution is -0.138. The van der Waals surface area contributed by atoms with Gasteiger partial charge in [0, 0.05) is 31.9 Å². The summed E-state index contributed by atoms with van der Waals surface area (Å²) in [6.45, 7) is 3.81. The van der Waals surface area contributed by atoms with E-state index in [-0.39, 0.29) is 41.7 Å². The molecule has 0 radical (unpaired) electrons. The fourth-order valence-electron chi connectivity index (χ4n) is 4.55. The molecule has 1 aliphatic heterocycles. The first-order valence-electron chi connectivity index (χ1n) is 11.9. The summed E-state index contributed by atoms with van der Waals surface area (Å²) in [5.74, 6) is 0.997. The maximum Gasteiger partial charge on any atom is 0.419 e. The lowest BCUT2D eigenvalue weighted by atomic mass is 10.0. The van der Waals surface area contributed by atoms with Crippen LogP contribution in [0.5, 0.6) is 5.75 Å². The van der Waals surface area contributed by atoms with Crippen molar-refractivity contribution in [3.63, 3.8) is 0 Å². The van der Waals surface area contributed by atoms with Crippen LogP contribution in [0.15, 0.2) is 42.6 Å². The molecule has 1 aromatic carbocycles. The number of aromatic nitrogens is 5. The van der Waals surface area contributed by atoms with Crippen LogP contribution in [0.3, 0.4) is 0 Å². The van der Waals surface area contributed by atoms with E-state index >= 15 is 0 Å². The van der Waals surface area contributed by atoms with E-state index in [9.17, 15) is 18.4 Å². The number of pyridine rings is 2. The molecular weight excluding hydrogens is 519 g/mol. The first-order valence-corrected chi connectivity index (χ1v) is 11.9. The molecule has 0 amide bonds. The lowest BCUT2D eigenvalue weighted by Gasteiger charge is -2.18. The number of halogens is 4. The third kappa shape index (κ3) is 5.50. The van der Waals surface area contributed by atoms with Crippen LogP contribution in [0.25, 0.3) is 22.3 Å². The molecule has 1 atom stereocenters. The predicted molar refractivity (Wildman–Crippen MR) is 138 cm³/mol. The van der Waals surface area contributed by atoms with Crippen molar-refractivity contribution in [2.45, 2.75) is 25.9 Å². The molecule has 3 aromatic heterocycles. The third-order valence-electron chi connectivity index (χ3n) is 6.58. The Labute approximate surface area is 223 Å². The molecule has 12 heteroatoms. The minimum Gasteiger partial charge on any atom is -0.493 e. The number of anilines is 1. The molecule has 0 aliphatic carbocycles. The smallest absolute Gasteiger partial charge is 0.419 e. The number of nitrogens with zero attached hydrogens (tertiary/aromatic N) is 7. The Morgan fingerprint density at radius 3 is 2.71 bits per heavy atom. The van der Waals surface area contributed by atoms with Gasteiger partial charge in [0.05, 0.1) is 23.4 Å². The zero-order valence-corrected chi connectivity index (χ0v) is 21.6. The van der Waals surface area contributed by atoms with Crippen molar-refractivity contribution in [3.8, 4) is 23.1 Å². The minimum absolute atomic E-state index is 0. The second kappa shape index (κ2) is 10.8. The van der Waals surface area contributed by atoms with E-state index in [1.54, 1.807) is 13.1 Å². The summed E-state index contributed by atoms with van der Waals surface area (Å²) in [7, 11) is 1.64. The number of hydrogen-bond acceptors (Lipinski definition) is 7. The van der Waals surface area contributed by atoms with Gasteiger partial charge in [-0.05, 0) is 61.6 Å². The van der Waals surface area contributed by atoms with Gasteiger partial charge < -0.3 is 9.64 Å². The van der Waals surface area contributed by atoms with Crippen LogP contribution in [-0.4, -0.2) is 44.7 Å². The van der Waals surface area contributed by atoms with Crippen LogP contribution >= 0.6 is 12.4 Å². The Hall–Kier alpha value is -3.91. The summed E-state index contributed by atoms with van der Waals surface area (Å²) in [6, 6.07) is 11.4. The van der Waals surface area contributed by atoms with Crippen molar-refractivity contribution >= 4 is 29.3 Å². The largest absolute Gasteiger partial charge is 0.493 e. The molecular formula is C26H25ClF3N7O. The second-order valence-electron chi connectivity index (χ2n) is 9.19. The highest BCUT2D eigenvalue weighted by atomic mass is 35.5. The van der Waals surface area contributed by atoms with Crippen molar-refractivity contribution in [3.05, 3.63) is 59.4 Å². The number of rotatable bonds is 6. The first kappa shape index (κ1) is 27.1. The Balaban J connectivity index is 0.00000336. The summed E-state index contributed by atoms with van der Waals surface area (Å²) < 4.78 is 49.0. The zero-order valence-electron chi connectivity index (χ0n) is 20.7. The van der Waals surface area contributed by atoms with Gasteiger partial charge in [-0.25, -0.2) is 14.6 Å². The molecule has 1 aliphatic rings. The van der Waals surface area contributed by atoms with Gasteiger partial charge >= 0.3 is 6.18 Å². The minimum atomic E-state index is -4.62. The van der Waals surface area contributed by atoms with Gasteiger partial charge in [-0.2, -0.15) is 18.4 Å². The van der Waals surface area contributed by atoms with E-state index in [1.807, 2.05) is 31.3 Å². The standard InChI is InChI=1S/C26H24F3N7O.ClH/c1-16-3-6-24(31-14-16)36-9-7-17(15-36)8-10-37-23-5-4-18(11-19(23)26(27,28)29)20-12-22-25(21(13-30)32-20)33-34-35(22)2;/h3-6,11-12,14,17H,7-10,15H2,1-2H3;1H/t17-;/m1./s1. The number of benzene rings is 1. The van der Waals surface area contributed by atoms with E-state index in [2.05, 4.69) is 25.2 Å². The maximum absolute atomic E-state index is 14.0. The normalized spacial score (nSPS) is 15.4. The molecule has 8 nitrogen and oxygen atoms in total. The Morgan fingerprint density at radius 2 is 2.00 bits per heavy atom. The number of alkyl halides is 3. The third-order valence-corrected chi connectivity index (χ3v) is 6.58. The van der Waals surface area contributed by atoms with Crippen molar-refractivity contribution in [1.29, 1.82) is 5.26 Å². The molecule has 0 N–H and O–H groups in total. The fraction of sp³-hybridized carbons (Fsp3) is 0.346. The van der Waals surface area contributed by atoms with E-state index in [4.69, 9.17) is 4.74 Å². The maximum atomic E-state index is 14.0. The van der Waals surface area contributed by atoms with Crippen molar-refractivity contribution in [1.82, 2.24) is 25.0 Å². The molecule has 5 rings (SSSR count). The molecule has 0 saturated carbocycles. The van der Waals surface area contributed by atoms with Gasteiger partial charge in [-0.15, -0.1) is 17.5 Å². The Bertz CT molecular complexity index is 1480. The van der Waals surface area contributed by atoms with Crippen LogP contribution in [0.1, 0.15) is 29.7 Å². The Kier molecular flexibility index (Phi) is 7.73. The second-order valence-corrected chi connectivity index (χ2v) is 9.19. The van der Waals surface area contributed by atoms with Gasteiger partial charge in [0.15, 0.2) is 5.69 Å². The molecule has 38 heavy (non-hydrogen) atoms. The SMILES string of the molecule is Cc1ccc(N2CC[C@H](CCOc3ccc(-c4cc5c(nnn5C)c(C#N)n4)cc3C(F)(F)F)C2)nc1.Cl. The van der Waals surface area contributed by atoms with Gasteiger partial charge in [0.2, 0.25) is 0 Å². The molecule has 1 fully saturated rings. The highest BCUT2D eigenvalue weighted by molar-refractivity contribution is 5.85. The lowest BCUT2D eigenvalue weighted by Crippen LogP contribution is -2.21. The first-order chi connectivity index (χ1) is 17.7. The highest BCUT2D eigenvalue weighted by Crippen LogP contribution is 2.39. The van der Waals surface area contributed by atoms with Crippen molar-refractivity contribution < 1.29 is 17.9 Å². The van der Waals surface area contributed by atoms with Gasteiger partial charge in [-0.1, -0.05) is 11.3 Å². The zero-order chi connectivity index (χ0) is 26.2. The Morgan fingerprint density at radius 1 is 1.18 bits per heavy atom. The molecule has 0 spiro atoms. The molecule has 4 heterocycles. The quantitative estimate of drug-likeness (QED) is 0.324. The number of fused-ring (bicyclic) bond motifs is 1. The van der Waals surface area contributed by atoms with E-state index in [0.29, 0.717) is 23.4 Å². The summed E-state index contributed by atoms with van der Waals surface area (Å²) >= 11 is 0. The van der Waals surface area contributed by atoms with E-state index in [1.165, 1.54) is 16.8 Å². The fourth-order valence-corrected chi connectivity index (χ4v) is 4.55. The van der Waals surface area contributed by atoms with Crippen molar-refractivity contribution in [2.24, 2.45) is 13.0 Å². The molecule has 0 bridgehead atoms. The topological polar surface area (TPSA) is 92.8 Å². The van der Waals surface area contributed by atoms with Crippen LogP contribution in [-0.2, 0) is 13.2 Å². The highest BCUT2D eigenvalue weighted by Gasteiger charge is 2.35. The summed E-state index contributed by atoms with van der Waals surface area (Å²) in [5.41, 5.74) is 1.45. The average molecular weight is 544 g/mol. The average Bonchev–Trinajstić information content (AvgIpc) is 3.50. The number of ether oxygens (including phenoxy) is 1. The van der Waals surface area contributed by atoms with Gasteiger partial charge in [0.1, 0.15) is 23.2 Å². The monoisotopic (exact) mass is 543 g/mol. The van der Waals surface area contributed by atoms with Gasteiger partial charge in [-0.3, -0.25) is 0 Å². The predicted octanol–water partition coefficient (Wildman–Crippen LogP) is 5.34. The summed E-state index contributed by atoms with van der Waals surface area (Å²) in [6.07, 6.45) is -1.22. The number of hydrogen-bond donors (Lipinski definition) is 0. The van der Waals surface area contributed by atoms with Crippen LogP contribution in [0.2, 0.25) is 0 Å². The van der Waals surface area contributed by atoms with Crippen LogP contribution in [0, 0.1) is 24.2 Å². The van der Waals surface area contributed by atoms with E-state index < -0.39 is 11.7 Å². The molecule has 198 valence electrons. The van der Waals surface area contributed by atoms with Crippen LogP contribution < -0.4 is 9.64 Å². The van der Waals surface area contributed by atoms with Crippen molar-refractivity contribution in [2.75, 3.05) is 24.6 Å². The van der Waals surface area contributed by atoms with Crippen LogP contribution in [0.4, 0.5) is 19.0 Å². The molecule has 0 unspecified atom stereocenters. The van der Waals surface area contributed by atoms with E-state index in [0.717, 1.165) is 37.0 Å². The molecule has 1 saturated heterocycles. The summed E-state index contributed by atoms with van der Waals surface area (Å²) in [4.78, 5) is 10.9.